The van der Waals surface area contributed by atoms with Crippen LogP contribution in [0, 0.1) is 0 Å². The van der Waals surface area contributed by atoms with E-state index >= 15 is 0 Å². The molecule has 1 aromatic rings. The smallest absolute Gasteiger partial charge is 0.263 e. The van der Waals surface area contributed by atoms with Gasteiger partial charge in [-0.05, 0) is 12.0 Å². The molecule has 1 atom stereocenters. The Morgan fingerprint density at radius 1 is 1.80 bits per heavy atom. The van der Waals surface area contributed by atoms with Crippen LogP contribution in [0.15, 0.2) is 11.4 Å². The second-order valence-electron chi connectivity index (χ2n) is 2.25. The number of nitrogens with one attached hydrogen (secondary N) is 1. The standard InChI is InChI=1S/C5H8N6.HO3P/c1-2-4(9-11-6)5-7-3-8-10-5;1-4(2)3/h3-4H,2H2,1H3,(H,7,8,10);(H-,1,2,3)/p+1. The molecule has 3 N–H and O–H groups in total. The fraction of sp³-hybridized carbons (Fsp3) is 0.600. The third-order valence-electron chi connectivity index (χ3n) is 1.33. The molecule has 0 aliphatic rings. The van der Waals surface area contributed by atoms with Crippen molar-refractivity contribution in [2.24, 2.45) is 5.11 Å². The van der Waals surface area contributed by atoms with Crippen molar-refractivity contribution in [3.63, 3.8) is 0 Å². The van der Waals surface area contributed by atoms with E-state index in [9.17, 15) is 0 Å². The van der Waals surface area contributed by atoms with Gasteiger partial charge in [-0.2, -0.15) is 5.10 Å². The number of nitrogens with zero attached hydrogens (tertiary/aromatic N) is 5. The molecule has 1 aromatic heterocycles. The molecule has 1 rings (SSSR count). The molecule has 0 saturated carbocycles. The maximum Gasteiger partial charge on any atom is 0.692 e. The summed E-state index contributed by atoms with van der Waals surface area (Å²) in [5.41, 5.74) is 8.16. The minimum Gasteiger partial charge on any atom is -0.263 e. The van der Waals surface area contributed by atoms with Gasteiger partial charge in [0.1, 0.15) is 12.2 Å². The molecular weight excluding hydrogens is 223 g/mol. The molecule has 9 nitrogen and oxygen atoms in total. The average molecular weight is 233 g/mol. The van der Waals surface area contributed by atoms with Gasteiger partial charge in [-0.3, -0.25) is 5.10 Å². The van der Waals surface area contributed by atoms with Gasteiger partial charge in [0, 0.05) is 9.48 Å². The minimum atomic E-state index is -2.87. The van der Waals surface area contributed by atoms with E-state index in [0.717, 1.165) is 6.42 Å². The number of aromatic amines is 1. The second kappa shape index (κ2) is 7.84. The lowest BCUT2D eigenvalue weighted by atomic mass is 10.2. The third-order valence-corrected chi connectivity index (χ3v) is 1.33. The summed E-state index contributed by atoms with van der Waals surface area (Å²) >= 11 is 0. The molecule has 0 bridgehead atoms. The van der Waals surface area contributed by atoms with Crippen molar-refractivity contribution >= 4 is 8.25 Å². The molecule has 0 saturated heterocycles. The van der Waals surface area contributed by atoms with Gasteiger partial charge < -0.3 is 0 Å². The van der Waals surface area contributed by atoms with Crippen LogP contribution in [0.3, 0.4) is 0 Å². The fourth-order valence-corrected chi connectivity index (χ4v) is 0.768. The number of H-pyrrole nitrogens is 1. The van der Waals surface area contributed by atoms with Crippen LogP contribution in [0.4, 0.5) is 0 Å². The predicted molar refractivity (Wildman–Crippen MR) is 50.6 cm³/mol. The van der Waals surface area contributed by atoms with Gasteiger partial charge in [0.15, 0.2) is 0 Å². The van der Waals surface area contributed by atoms with Crippen molar-refractivity contribution in [3.8, 4) is 0 Å². The monoisotopic (exact) mass is 233 g/mol. The van der Waals surface area contributed by atoms with Crippen molar-refractivity contribution in [2.45, 2.75) is 19.4 Å². The van der Waals surface area contributed by atoms with E-state index in [1.165, 1.54) is 6.33 Å². The van der Waals surface area contributed by atoms with Crippen LogP contribution in [-0.4, -0.2) is 25.0 Å². The molecule has 0 amide bonds. The lowest BCUT2D eigenvalue weighted by molar-refractivity contribution is 0.405. The SMILES string of the molecule is CCC(N=[N+]=[N-])c1ncn[nH]1.O=[P+](O)O. The van der Waals surface area contributed by atoms with E-state index in [4.69, 9.17) is 19.9 Å². The molecule has 82 valence electrons. The van der Waals surface area contributed by atoms with Gasteiger partial charge in [-0.1, -0.05) is 12.0 Å². The maximum absolute atomic E-state index is 8.70. The van der Waals surface area contributed by atoms with Crippen LogP contribution >= 0.6 is 8.25 Å². The molecular formula is C5H10N6O3P+. The normalized spacial score (nSPS) is 10.6. The van der Waals surface area contributed by atoms with Crippen molar-refractivity contribution < 1.29 is 14.4 Å². The molecule has 0 aliphatic carbocycles. The van der Waals surface area contributed by atoms with Gasteiger partial charge >= 0.3 is 8.25 Å². The van der Waals surface area contributed by atoms with E-state index in [-0.39, 0.29) is 6.04 Å². The summed E-state index contributed by atoms with van der Waals surface area (Å²) in [7, 11) is -2.87. The number of aromatic nitrogens is 3. The molecule has 1 unspecified atom stereocenters. The first-order valence-electron chi connectivity index (χ1n) is 3.86. The Morgan fingerprint density at radius 3 is 2.73 bits per heavy atom. The molecule has 0 aliphatic heterocycles. The number of azide groups is 1. The van der Waals surface area contributed by atoms with Crippen molar-refractivity contribution in [1.29, 1.82) is 0 Å². The topological polar surface area (TPSA) is 148 Å². The summed E-state index contributed by atoms with van der Waals surface area (Å²) in [5.74, 6) is 0.616. The molecule has 0 fully saturated rings. The first-order valence-corrected chi connectivity index (χ1v) is 5.02. The maximum atomic E-state index is 8.70. The Bertz CT molecular complexity index is 331. The Morgan fingerprint density at radius 2 is 2.40 bits per heavy atom. The summed E-state index contributed by atoms with van der Waals surface area (Å²) in [5, 5.41) is 9.83. The van der Waals surface area contributed by atoms with Crippen LogP contribution in [0.25, 0.3) is 10.4 Å². The number of rotatable bonds is 3. The quantitative estimate of drug-likeness (QED) is 0.310. The van der Waals surface area contributed by atoms with Gasteiger partial charge in [-0.15, -0.1) is 9.79 Å². The largest absolute Gasteiger partial charge is 0.692 e. The highest BCUT2D eigenvalue weighted by molar-refractivity contribution is 7.30. The molecule has 1 heterocycles. The number of hydrogen-bond acceptors (Lipinski definition) is 4. The van der Waals surface area contributed by atoms with Crippen LogP contribution in [0.1, 0.15) is 25.2 Å². The van der Waals surface area contributed by atoms with Gasteiger partial charge in [-0.25, -0.2) is 4.98 Å². The van der Waals surface area contributed by atoms with Crippen molar-refractivity contribution in [2.75, 3.05) is 0 Å². The minimum absolute atomic E-state index is 0.220. The summed E-state index contributed by atoms with van der Waals surface area (Å²) in [6, 6.07) is -0.220. The van der Waals surface area contributed by atoms with Gasteiger partial charge in [0.2, 0.25) is 0 Å². The Kier molecular flexibility index (Phi) is 7.04. The van der Waals surface area contributed by atoms with Crippen molar-refractivity contribution in [1.82, 2.24) is 15.2 Å². The second-order valence-corrected chi connectivity index (χ2v) is 2.76. The van der Waals surface area contributed by atoms with Crippen LogP contribution < -0.4 is 0 Å². The summed E-state index contributed by atoms with van der Waals surface area (Å²) < 4.78 is 8.70. The molecule has 15 heavy (non-hydrogen) atoms. The van der Waals surface area contributed by atoms with Gasteiger partial charge in [0.05, 0.1) is 6.04 Å². The lowest BCUT2D eigenvalue weighted by Gasteiger charge is -2.00. The molecule has 0 spiro atoms. The van der Waals surface area contributed by atoms with E-state index in [2.05, 4.69) is 25.2 Å². The van der Waals surface area contributed by atoms with Crippen LogP contribution in [0.2, 0.25) is 0 Å². The predicted octanol–water partition coefficient (Wildman–Crippen LogP) is 1.19. The van der Waals surface area contributed by atoms with Crippen LogP contribution in [-0.2, 0) is 4.57 Å². The van der Waals surface area contributed by atoms with E-state index in [1.807, 2.05) is 6.92 Å². The van der Waals surface area contributed by atoms with E-state index < -0.39 is 8.25 Å². The van der Waals surface area contributed by atoms with E-state index in [1.54, 1.807) is 0 Å². The Balaban J connectivity index is 0.000000423. The first-order chi connectivity index (χ1) is 7.11. The summed E-state index contributed by atoms with van der Waals surface area (Å²) in [4.78, 5) is 20.8. The number of hydrogen-bond donors (Lipinski definition) is 3. The fourth-order valence-electron chi connectivity index (χ4n) is 0.768. The van der Waals surface area contributed by atoms with E-state index in [0.29, 0.717) is 5.82 Å². The highest BCUT2D eigenvalue weighted by Crippen LogP contribution is 2.15. The average Bonchev–Trinajstić information content (AvgIpc) is 2.66. The summed E-state index contributed by atoms with van der Waals surface area (Å²) in [6.07, 6.45) is 2.12. The summed E-state index contributed by atoms with van der Waals surface area (Å²) in [6.45, 7) is 1.92. The third kappa shape index (κ3) is 6.53. The molecule has 0 radical (unpaired) electrons. The molecule has 0 aromatic carbocycles. The Labute approximate surface area is 85.7 Å². The van der Waals surface area contributed by atoms with Crippen LogP contribution in [0.5, 0.6) is 0 Å². The highest BCUT2D eigenvalue weighted by atomic mass is 31.1. The Hall–Kier alpha value is -1.53. The lowest BCUT2D eigenvalue weighted by Crippen LogP contribution is -1.94. The zero-order chi connectivity index (χ0) is 11.7. The van der Waals surface area contributed by atoms with Crippen molar-refractivity contribution in [3.05, 3.63) is 22.6 Å². The highest BCUT2D eigenvalue weighted by Gasteiger charge is 2.08. The zero-order valence-corrected chi connectivity index (χ0v) is 8.74. The zero-order valence-electron chi connectivity index (χ0n) is 7.85. The van der Waals surface area contributed by atoms with Gasteiger partial charge in [0.25, 0.3) is 0 Å². The molecule has 10 heteroatoms. The first kappa shape index (κ1) is 13.5.